The number of nitrogens with zero attached hydrogens (tertiary/aromatic N) is 8. The third-order valence-electron chi connectivity index (χ3n) is 15.0. The van der Waals surface area contributed by atoms with Crippen LogP contribution in [0.25, 0.3) is 22.5 Å². The fourth-order valence-electron chi connectivity index (χ4n) is 10.8. The molecule has 3 amide bonds. The molecule has 3 aliphatic carbocycles. The SMILES string of the molecule is CN(CC1CCC(n2cc(NC(=O)c3coc(-c4ccnc(CCC5CC5)c4)n3)c(C(F)F)n2)CC1)C1CC(OC2CCN(Cc3cccc4c3n(C)c(=O)n4C3CCC(=O)NC3=O)CC2)C1. The summed E-state index contributed by atoms with van der Waals surface area (Å²) in [4.78, 5) is 64.8. The zero-order chi connectivity index (χ0) is 46.3. The summed E-state index contributed by atoms with van der Waals surface area (Å²) in [6, 6.07) is 9.27. The topological polar surface area (TPSA) is 175 Å². The summed E-state index contributed by atoms with van der Waals surface area (Å²) < 4.78 is 45.5. The van der Waals surface area contributed by atoms with Crippen LogP contribution in [0, 0.1) is 11.8 Å². The molecule has 5 fully saturated rings. The average Bonchev–Trinajstić information content (AvgIpc) is 3.71. The summed E-state index contributed by atoms with van der Waals surface area (Å²) in [7, 11) is 3.94. The smallest absolute Gasteiger partial charge is 0.329 e. The van der Waals surface area contributed by atoms with Gasteiger partial charge in [-0.25, -0.2) is 18.6 Å². The Kier molecular flexibility index (Phi) is 12.9. The number of hydrogen-bond donors (Lipinski definition) is 2. The van der Waals surface area contributed by atoms with Gasteiger partial charge in [0.2, 0.25) is 17.7 Å². The first-order valence-corrected chi connectivity index (χ1v) is 24.1. The van der Waals surface area contributed by atoms with E-state index in [9.17, 15) is 28.0 Å². The quantitative estimate of drug-likeness (QED) is 0.0979. The third kappa shape index (κ3) is 9.88. The van der Waals surface area contributed by atoms with E-state index in [0.29, 0.717) is 36.0 Å². The molecular formula is C49H60F2N10O6. The van der Waals surface area contributed by atoms with Gasteiger partial charge in [0.25, 0.3) is 12.3 Å². The molecule has 2 N–H and O–H groups in total. The van der Waals surface area contributed by atoms with Crippen LogP contribution in [0.3, 0.4) is 0 Å². The van der Waals surface area contributed by atoms with E-state index in [4.69, 9.17) is 9.15 Å². The zero-order valence-corrected chi connectivity index (χ0v) is 38.2. The van der Waals surface area contributed by atoms with Crippen LogP contribution in [0.4, 0.5) is 14.5 Å². The number of likely N-dealkylation sites (tertiary alicyclic amines) is 1. The average molecular weight is 923 g/mol. The van der Waals surface area contributed by atoms with E-state index in [1.54, 1.807) is 28.6 Å². The van der Waals surface area contributed by atoms with Crippen LogP contribution in [-0.4, -0.2) is 101 Å². The monoisotopic (exact) mass is 922 g/mol. The van der Waals surface area contributed by atoms with Gasteiger partial charge in [-0.1, -0.05) is 25.0 Å². The van der Waals surface area contributed by atoms with Crippen LogP contribution in [0.5, 0.6) is 0 Å². The standard InChI is InChI=1S/C49H60F2N10O6/c1-57(35-23-37(24-35)67-36-17-20-59(21-18-36)26-32-4-3-5-40-44(32)58(2)49(65)61(40)41-14-15-42(62)55-47(41)64)25-30-9-12-34(13-10-30)60-27-38(43(56-60)45(50)51)53-46(63)39-28-66-48(54-39)31-16-19-52-33(22-31)11-8-29-6-7-29/h3-5,16,19,22,27-30,34-37,41,45H,6-15,17-18,20-21,23-26H2,1-2H3,(H,53,63)(H,55,62,64). The minimum absolute atomic E-state index is 0.00439. The number of imide groups is 1. The van der Waals surface area contributed by atoms with Crippen molar-refractivity contribution in [3.05, 3.63) is 82.1 Å². The molecule has 5 aliphatic rings. The number of aryl methyl sites for hydroxylation is 2. The number of amides is 3. The number of alkyl halides is 2. The predicted molar refractivity (Wildman–Crippen MR) is 244 cm³/mol. The van der Waals surface area contributed by atoms with E-state index in [-0.39, 0.29) is 53.5 Å². The number of aromatic nitrogens is 6. The van der Waals surface area contributed by atoms with Crippen molar-refractivity contribution in [2.24, 2.45) is 18.9 Å². The Balaban J connectivity index is 0.657. The van der Waals surface area contributed by atoms with Crippen molar-refractivity contribution in [2.45, 2.75) is 133 Å². The first-order valence-electron chi connectivity index (χ1n) is 24.1. The fraction of sp³-hybridized carbons (Fsp3) is 0.571. The number of benzene rings is 1. The minimum atomic E-state index is -2.86. The molecule has 0 radical (unpaired) electrons. The molecule has 1 atom stereocenters. The van der Waals surface area contributed by atoms with Gasteiger partial charge in [-0.05, 0) is 113 Å². The largest absolute Gasteiger partial charge is 0.444 e. The highest BCUT2D eigenvalue weighted by atomic mass is 19.3. The Morgan fingerprint density at radius 3 is 2.52 bits per heavy atom. The van der Waals surface area contributed by atoms with Crippen LogP contribution in [-0.2, 0) is 34.3 Å². The molecule has 6 heterocycles. The van der Waals surface area contributed by atoms with E-state index in [2.05, 4.69) is 42.5 Å². The summed E-state index contributed by atoms with van der Waals surface area (Å²) in [5.74, 6) is 0.172. The van der Waals surface area contributed by atoms with Crippen molar-refractivity contribution >= 4 is 34.4 Å². The Morgan fingerprint density at radius 1 is 1.00 bits per heavy atom. The van der Waals surface area contributed by atoms with Crippen molar-refractivity contribution < 1.29 is 32.3 Å². The molecule has 67 heavy (non-hydrogen) atoms. The lowest BCUT2D eigenvalue weighted by atomic mass is 9.83. The van der Waals surface area contributed by atoms with E-state index in [0.717, 1.165) is 107 Å². The number of halogens is 2. The highest BCUT2D eigenvalue weighted by Crippen LogP contribution is 2.38. The molecule has 2 aliphatic heterocycles. The van der Waals surface area contributed by atoms with Crippen molar-refractivity contribution in [1.82, 2.24) is 44.0 Å². The summed E-state index contributed by atoms with van der Waals surface area (Å²) in [5, 5.41) is 9.28. The van der Waals surface area contributed by atoms with Gasteiger partial charge in [0.1, 0.15) is 12.3 Å². The van der Waals surface area contributed by atoms with E-state index in [1.165, 1.54) is 29.9 Å². The number of oxazole rings is 1. The Hall–Kier alpha value is -5.59. The van der Waals surface area contributed by atoms with Gasteiger partial charge in [0, 0.05) is 69.3 Å². The summed E-state index contributed by atoms with van der Waals surface area (Å²) in [6.45, 7) is 3.43. The van der Waals surface area contributed by atoms with Gasteiger partial charge < -0.3 is 19.4 Å². The van der Waals surface area contributed by atoms with Gasteiger partial charge in [-0.3, -0.25) is 43.4 Å². The summed E-state index contributed by atoms with van der Waals surface area (Å²) in [5.41, 5.74) is 3.48. The number of hydrogen-bond acceptors (Lipinski definition) is 11. The third-order valence-corrected chi connectivity index (χ3v) is 15.0. The number of fused-ring (bicyclic) bond motifs is 1. The fourth-order valence-corrected chi connectivity index (χ4v) is 10.8. The molecule has 1 aromatic carbocycles. The Labute approximate surface area is 387 Å². The lowest BCUT2D eigenvalue weighted by Crippen LogP contribution is -2.50. The highest BCUT2D eigenvalue weighted by molar-refractivity contribution is 6.03. The molecule has 5 aromatic rings. The second kappa shape index (κ2) is 19.2. The number of piperidine rings is 2. The number of rotatable bonds is 16. The molecule has 18 heteroatoms. The number of pyridine rings is 1. The summed E-state index contributed by atoms with van der Waals surface area (Å²) >= 11 is 0. The lowest BCUT2D eigenvalue weighted by Gasteiger charge is -2.45. The van der Waals surface area contributed by atoms with E-state index >= 15 is 0 Å². The molecule has 10 rings (SSSR count). The minimum Gasteiger partial charge on any atom is -0.444 e. The van der Waals surface area contributed by atoms with Gasteiger partial charge in [0.05, 0.1) is 35.0 Å². The first-order chi connectivity index (χ1) is 32.4. The maximum absolute atomic E-state index is 14.2. The second-order valence-electron chi connectivity index (χ2n) is 19.7. The van der Waals surface area contributed by atoms with E-state index < -0.39 is 30.0 Å². The molecule has 2 saturated heterocycles. The number of imidazole rings is 1. The van der Waals surface area contributed by atoms with Crippen LogP contribution < -0.4 is 16.3 Å². The highest BCUT2D eigenvalue weighted by Gasteiger charge is 2.37. The Bertz CT molecular complexity index is 2670. The second-order valence-corrected chi connectivity index (χ2v) is 19.7. The Morgan fingerprint density at radius 2 is 1.78 bits per heavy atom. The first kappa shape index (κ1) is 45.2. The molecule has 16 nitrogen and oxygen atoms in total. The van der Waals surface area contributed by atoms with Crippen LogP contribution in [0.2, 0.25) is 0 Å². The maximum atomic E-state index is 14.2. The molecule has 4 aromatic heterocycles. The number of carbonyl (C=O) groups is 3. The number of carbonyl (C=O) groups excluding carboxylic acids is 3. The van der Waals surface area contributed by atoms with Gasteiger partial charge >= 0.3 is 5.69 Å². The number of para-hydroxylation sites is 1. The number of ether oxygens (including phenoxy) is 1. The summed E-state index contributed by atoms with van der Waals surface area (Å²) in [6.07, 6.45) is 14.5. The van der Waals surface area contributed by atoms with Gasteiger partial charge in [-0.15, -0.1) is 0 Å². The molecule has 1 unspecified atom stereocenters. The molecule has 3 saturated carbocycles. The molecular weight excluding hydrogens is 863 g/mol. The zero-order valence-electron chi connectivity index (χ0n) is 38.2. The molecule has 0 bridgehead atoms. The molecule has 356 valence electrons. The molecule has 0 spiro atoms. The van der Waals surface area contributed by atoms with Crippen molar-refractivity contribution in [2.75, 3.05) is 32.0 Å². The maximum Gasteiger partial charge on any atom is 0.329 e. The normalized spacial score (nSPS) is 24.1. The predicted octanol–water partition coefficient (Wildman–Crippen LogP) is 6.97. The number of nitrogens with one attached hydrogen (secondary N) is 2. The van der Waals surface area contributed by atoms with Gasteiger partial charge in [0.15, 0.2) is 11.4 Å². The lowest BCUT2D eigenvalue weighted by molar-refractivity contribution is -0.135. The van der Waals surface area contributed by atoms with Crippen LogP contribution in [0.15, 0.2) is 58.2 Å². The number of anilines is 1. The van der Waals surface area contributed by atoms with Crippen molar-refractivity contribution in [3.8, 4) is 11.5 Å². The van der Waals surface area contributed by atoms with E-state index in [1.807, 2.05) is 24.3 Å². The van der Waals surface area contributed by atoms with Crippen LogP contribution in [0.1, 0.15) is 129 Å². The van der Waals surface area contributed by atoms with Gasteiger partial charge in [-0.2, -0.15) is 5.10 Å². The van der Waals surface area contributed by atoms with Crippen LogP contribution >= 0.6 is 0 Å². The van der Waals surface area contributed by atoms with Crippen molar-refractivity contribution in [3.63, 3.8) is 0 Å². The van der Waals surface area contributed by atoms with Crippen molar-refractivity contribution in [1.29, 1.82) is 0 Å².